The second kappa shape index (κ2) is 8.22. The Morgan fingerprint density at radius 3 is 2.62 bits per heavy atom. The van der Waals surface area contributed by atoms with E-state index in [-0.39, 0.29) is 12.7 Å². The van der Waals surface area contributed by atoms with Crippen LogP contribution in [0.25, 0.3) is 0 Å². The standard InChI is InChI=1S/C14H23N2O7P/c1-8(2)22-11-9(7-21-24(4)19)23-13(12(11)20-3)16-6-5-10(17)15-14(16)18/h5-6,8-9,11-13,24H,7H2,1-4H3,(H,15,17,18)/t9-,11?,12?,13-/m1/s1. The Morgan fingerprint density at radius 1 is 1.38 bits per heavy atom. The molecule has 0 aromatic carbocycles. The molecule has 3 unspecified atom stereocenters. The number of rotatable bonds is 7. The van der Waals surface area contributed by atoms with Crippen LogP contribution in [0.5, 0.6) is 0 Å². The maximum Gasteiger partial charge on any atom is 0.330 e. The number of ether oxygens (including phenoxy) is 3. The number of aromatic nitrogens is 2. The fourth-order valence-corrected chi connectivity index (χ4v) is 3.02. The van der Waals surface area contributed by atoms with Gasteiger partial charge in [-0.1, -0.05) is 0 Å². The van der Waals surface area contributed by atoms with E-state index in [9.17, 15) is 14.2 Å². The van der Waals surface area contributed by atoms with E-state index in [0.29, 0.717) is 0 Å². The maximum absolute atomic E-state index is 12.0. The summed E-state index contributed by atoms with van der Waals surface area (Å²) in [6, 6.07) is 1.23. The van der Waals surface area contributed by atoms with E-state index in [1.165, 1.54) is 30.6 Å². The lowest BCUT2D eigenvalue weighted by atomic mass is 10.1. The van der Waals surface area contributed by atoms with Gasteiger partial charge in [0, 0.05) is 26.0 Å². The minimum absolute atomic E-state index is 0.0557. The van der Waals surface area contributed by atoms with Crippen molar-refractivity contribution in [2.75, 3.05) is 20.4 Å². The zero-order valence-electron chi connectivity index (χ0n) is 14.1. The molecule has 5 atom stereocenters. The number of methoxy groups -OCH3 is 1. The molecule has 0 radical (unpaired) electrons. The van der Waals surface area contributed by atoms with E-state index in [1.54, 1.807) is 0 Å². The second-order valence-electron chi connectivity index (χ2n) is 5.73. The van der Waals surface area contributed by atoms with Gasteiger partial charge in [0.15, 0.2) is 14.3 Å². The molecule has 136 valence electrons. The van der Waals surface area contributed by atoms with E-state index < -0.39 is 43.8 Å². The highest BCUT2D eigenvalue weighted by Crippen LogP contribution is 2.34. The largest absolute Gasteiger partial charge is 0.374 e. The molecule has 0 spiro atoms. The molecule has 24 heavy (non-hydrogen) atoms. The van der Waals surface area contributed by atoms with Gasteiger partial charge in [-0.15, -0.1) is 0 Å². The van der Waals surface area contributed by atoms with Crippen LogP contribution in [0.15, 0.2) is 21.9 Å². The van der Waals surface area contributed by atoms with Crippen molar-refractivity contribution in [2.24, 2.45) is 0 Å². The quantitative estimate of drug-likeness (QED) is 0.698. The van der Waals surface area contributed by atoms with Crippen molar-refractivity contribution in [3.63, 3.8) is 0 Å². The van der Waals surface area contributed by atoms with E-state index in [1.807, 2.05) is 13.8 Å². The average molecular weight is 362 g/mol. The predicted octanol–water partition coefficient (Wildman–Crippen LogP) is 0.364. The lowest BCUT2D eigenvalue weighted by Gasteiger charge is -2.25. The summed E-state index contributed by atoms with van der Waals surface area (Å²) in [4.78, 5) is 25.5. The van der Waals surface area contributed by atoms with E-state index in [4.69, 9.17) is 18.7 Å². The van der Waals surface area contributed by atoms with Crippen molar-refractivity contribution in [1.82, 2.24) is 9.55 Å². The van der Waals surface area contributed by atoms with Gasteiger partial charge in [0.25, 0.3) is 5.56 Å². The first-order chi connectivity index (χ1) is 11.3. The lowest BCUT2D eigenvalue weighted by Crippen LogP contribution is -2.41. The molecule has 2 rings (SSSR count). The molecule has 0 saturated carbocycles. The van der Waals surface area contributed by atoms with Crippen LogP contribution >= 0.6 is 8.03 Å². The summed E-state index contributed by atoms with van der Waals surface area (Å²) >= 11 is 0. The normalized spacial score (nSPS) is 28.4. The van der Waals surface area contributed by atoms with Crippen molar-refractivity contribution in [1.29, 1.82) is 0 Å². The second-order valence-corrected chi connectivity index (χ2v) is 7.01. The zero-order chi connectivity index (χ0) is 17.9. The van der Waals surface area contributed by atoms with Gasteiger partial charge in [-0.25, -0.2) is 4.79 Å². The number of hydrogen-bond acceptors (Lipinski definition) is 7. The highest BCUT2D eigenvalue weighted by molar-refractivity contribution is 7.38. The van der Waals surface area contributed by atoms with Gasteiger partial charge >= 0.3 is 5.69 Å². The third kappa shape index (κ3) is 4.43. The molecular formula is C14H23N2O7P. The summed E-state index contributed by atoms with van der Waals surface area (Å²) in [5.74, 6) is 0. The van der Waals surface area contributed by atoms with Gasteiger partial charge in [0.05, 0.1) is 12.7 Å². The Kier molecular flexibility index (Phi) is 6.54. The Bertz CT molecular complexity index is 686. The Hall–Kier alpha value is -1.25. The molecule has 1 fully saturated rings. The van der Waals surface area contributed by atoms with Gasteiger partial charge in [0.2, 0.25) is 0 Å². The zero-order valence-corrected chi connectivity index (χ0v) is 15.1. The maximum atomic E-state index is 12.0. The monoisotopic (exact) mass is 362 g/mol. The van der Waals surface area contributed by atoms with Crippen LogP contribution < -0.4 is 11.2 Å². The lowest BCUT2D eigenvalue weighted by molar-refractivity contribution is -0.0826. The highest BCUT2D eigenvalue weighted by Gasteiger charge is 2.47. The molecule has 0 bridgehead atoms. The summed E-state index contributed by atoms with van der Waals surface area (Å²) in [7, 11) is -0.648. The van der Waals surface area contributed by atoms with Crippen LogP contribution in [-0.2, 0) is 23.3 Å². The third-order valence-electron chi connectivity index (χ3n) is 3.56. The van der Waals surface area contributed by atoms with Crippen LogP contribution in [0.2, 0.25) is 0 Å². The number of nitrogens with zero attached hydrogens (tertiary/aromatic N) is 1. The number of H-pyrrole nitrogens is 1. The summed E-state index contributed by atoms with van der Waals surface area (Å²) < 4.78 is 34.9. The van der Waals surface area contributed by atoms with Crippen molar-refractivity contribution in [3.8, 4) is 0 Å². The smallest absolute Gasteiger partial charge is 0.330 e. The van der Waals surface area contributed by atoms with Gasteiger partial charge in [-0.05, 0) is 13.8 Å². The Balaban J connectivity index is 2.32. The number of aromatic amines is 1. The van der Waals surface area contributed by atoms with E-state index in [0.717, 1.165) is 0 Å². The Labute approximate surface area is 139 Å². The first kappa shape index (κ1) is 19.1. The Morgan fingerprint density at radius 2 is 2.08 bits per heavy atom. The van der Waals surface area contributed by atoms with Crippen molar-refractivity contribution in [3.05, 3.63) is 33.1 Å². The van der Waals surface area contributed by atoms with E-state index in [2.05, 4.69) is 4.98 Å². The number of hydrogen-bond donors (Lipinski definition) is 1. The fraction of sp³-hybridized carbons (Fsp3) is 0.714. The average Bonchev–Trinajstić information content (AvgIpc) is 2.82. The van der Waals surface area contributed by atoms with Gasteiger partial charge in [0.1, 0.15) is 18.3 Å². The summed E-state index contributed by atoms with van der Waals surface area (Å²) in [5.41, 5.74) is -1.11. The first-order valence-electron chi connectivity index (χ1n) is 7.62. The van der Waals surface area contributed by atoms with Gasteiger partial charge in [-0.2, -0.15) is 0 Å². The molecule has 1 aromatic rings. The molecule has 9 nitrogen and oxygen atoms in total. The highest BCUT2D eigenvalue weighted by atomic mass is 31.1. The minimum Gasteiger partial charge on any atom is -0.374 e. The van der Waals surface area contributed by atoms with E-state index >= 15 is 0 Å². The molecule has 1 aromatic heterocycles. The summed E-state index contributed by atoms with van der Waals surface area (Å²) in [6.45, 7) is 5.27. The summed E-state index contributed by atoms with van der Waals surface area (Å²) in [6.07, 6.45) is -1.23. The summed E-state index contributed by atoms with van der Waals surface area (Å²) in [5, 5.41) is 0. The number of nitrogens with one attached hydrogen (secondary N) is 1. The third-order valence-corrected chi connectivity index (χ3v) is 4.14. The predicted molar refractivity (Wildman–Crippen MR) is 86.9 cm³/mol. The fourth-order valence-electron chi connectivity index (χ4n) is 2.62. The molecule has 0 aliphatic carbocycles. The van der Waals surface area contributed by atoms with Crippen LogP contribution in [0, 0.1) is 0 Å². The van der Waals surface area contributed by atoms with Gasteiger partial charge in [-0.3, -0.25) is 18.9 Å². The minimum atomic E-state index is -2.13. The molecule has 10 heteroatoms. The first-order valence-corrected chi connectivity index (χ1v) is 9.43. The van der Waals surface area contributed by atoms with Gasteiger partial charge < -0.3 is 18.7 Å². The molecule has 1 N–H and O–H groups in total. The van der Waals surface area contributed by atoms with Crippen LogP contribution in [0.3, 0.4) is 0 Å². The molecular weight excluding hydrogens is 339 g/mol. The topological polar surface area (TPSA) is 109 Å². The molecule has 1 aliphatic heterocycles. The van der Waals surface area contributed by atoms with Crippen molar-refractivity contribution < 1.29 is 23.3 Å². The molecule has 0 amide bonds. The molecule has 1 saturated heterocycles. The van der Waals surface area contributed by atoms with Crippen molar-refractivity contribution in [2.45, 2.75) is 44.5 Å². The van der Waals surface area contributed by atoms with Crippen LogP contribution in [0.4, 0.5) is 0 Å². The van der Waals surface area contributed by atoms with Crippen LogP contribution in [-0.4, -0.2) is 54.3 Å². The molecule has 1 aliphatic rings. The SMILES string of the molecule is COC1C(OC(C)C)[C@@H](CO[PH](C)=O)O[C@H]1n1ccc(=O)[nH]c1=O. The van der Waals surface area contributed by atoms with Crippen LogP contribution in [0.1, 0.15) is 20.1 Å². The van der Waals surface area contributed by atoms with Crippen molar-refractivity contribution >= 4 is 8.03 Å². The molecule has 2 heterocycles.